The van der Waals surface area contributed by atoms with Crippen molar-refractivity contribution in [2.75, 3.05) is 0 Å². The highest BCUT2D eigenvalue weighted by Gasteiger charge is 2.17. The highest BCUT2D eigenvalue weighted by molar-refractivity contribution is 7.91. The minimum Gasteiger partial charge on any atom is -0.361 e. The van der Waals surface area contributed by atoms with Crippen LogP contribution < -0.4 is 5.14 Å². The van der Waals surface area contributed by atoms with Crippen molar-refractivity contribution in [1.29, 1.82) is 0 Å². The fourth-order valence-corrected chi connectivity index (χ4v) is 3.32. The van der Waals surface area contributed by atoms with Gasteiger partial charge in [-0.1, -0.05) is 5.16 Å². The Hall–Kier alpha value is -1.18. The summed E-state index contributed by atoms with van der Waals surface area (Å²) in [5.41, 5.74) is 1.57. The Labute approximate surface area is 96.9 Å². The van der Waals surface area contributed by atoms with Gasteiger partial charge in [0.05, 0.1) is 11.3 Å². The molecule has 0 atom stereocenters. The number of thiophene rings is 1. The molecular weight excluding hydrogens is 248 g/mol. The van der Waals surface area contributed by atoms with Gasteiger partial charge in [-0.3, -0.25) is 0 Å². The summed E-state index contributed by atoms with van der Waals surface area (Å²) in [4.78, 5) is 0.792. The molecule has 0 saturated heterocycles. The first-order chi connectivity index (χ1) is 7.39. The van der Waals surface area contributed by atoms with Gasteiger partial charge in [0.15, 0.2) is 0 Å². The first kappa shape index (κ1) is 11.3. The van der Waals surface area contributed by atoms with Crippen LogP contribution in [0.3, 0.4) is 0 Å². The Kier molecular flexibility index (Phi) is 2.61. The molecule has 2 rings (SSSR count). The van der Waals surface area contributed by atoms with Gasteiger partial charge in [0.2, 0.25) is 10.0 Å². The largest absolute Gasteiger partial charge is 0.361 e. The molecule has 2 heterocycles. The van der Waals surface area contributed by atoms with Crippen LogP contribution in [0.2, 0.25) is 0 Å². The molecule has 0 aliphatic heterocycles. The summed E-state index contributed by atoms with van der Waals surface area (Å²) in [5.74, 6) is 0.667. The molecule has 0 aliphatic rings. The molecule has 0 amide bonds. The van der Waals surface area contributed by atoms with Gasteiger partial charge in [-0.05, 0) is 26.0 Å². The zero-order valence-corrected chi connectivity index (χ0v) is 10.4. The number of nitrogens with two attached hydrogens (primary N) is 1. The maximum absolute atomic E-state index is 11.1. The lowest BCUT2D eigenvalue weighted by Gasteiger charge is -1.93. The van der Waals surface area contributed by atoms with Gasteiger partial charge in [-0.2, -0.15) is 0 Å². The summed E-state index contributed by atoms with van der Waals surface area (Å²) in [6, 6.07) is 3.19. The van der Waals surface area contributed by atoms with Crippen LogP contribution in [0.25, 0.3) is 10.4 Å². The molecular formula is C9H10N2O3S2. The van der Waals surface area contributed by atoms with Gasteiger partial charge in [0, 0.05) is 4.88 Å². The average Bonchev–Trinajstić information content (AvgIpc) is 2.72. The van der Waals surface area contributed by atoms with E-state index in [-0.39, 0.29) is 4.21 Å². The van der Waals surface area contributed by atoms with Crippen LogP contribution in [0.5, 0.6) is 0 Å². The fourth-order valence-electron chi connectivity index (χ4n) is 1.44. The van der Waals surface area contributed by atoms with E-state index in [2.05, 4.69) is 5.16 Å². The van der Waals surface area contributed by atoms with E-state index in [4.69, 9.17) is 9.66 Å². The van der Waals surface area contributed by atoms with Gasteiger partial charge in [0.1, 0.15) is 9.97 Å². The van der Waals surface area contributed by atoms with Crippen LogP contribution in [-0.4, -0.2) is 13.6 Å². The molecule has 0 fully saturated rings. The van der Waals surface area contributed by atoms with E-state index < -0.39 is 10.0 Å². The molecule has 2 N–H and O–H groups in total. The molecule has 0 radical (unpaired) electrons. The second-order valence-corrected chi connectivity index (χ2v) is 6.23. The van der Waals surface area contributed by atoms with E-state index >= 15 is 0 Å². The van der Waals surface area contributed by atoms with E-state index in [0.717, 1.165) is 27.5 Å². The van der Waals surface area contributed by atoms with Crippen molar-refractivity contribution in [3.05, 3.63) is 23.6 Å². The fraction of sp³-hybridized carbons (Fsp3) is 0.222. The van der Waals surface area contributed by atoms with E-state index in [1.54, 1.807) is 13.0 Å². The Morgan fingerprint density at radius 3 is 2.50 bits per heavy atom. The summed E-state index contributed by atoms with van der Waals surface area (Å²) in [6.07, 6.45) is 0. The second kappa shape index (κ2) is 3.69. The van der Waals surface area contributed by atoms with Crippen LogP contribution in [0.4, 0.5) is 0 Å². The molecule has 2 aromatic rings. The van der Waals surface area contributed by atoms with Gasteiger partial charge < -0.3 is 4.52 Å². The van der Waals surface area contributed by atoms with Crippen molar-refractivity contribution in [2.45, 2.75) is 18.1 Å². The number of hydrogen-bond acceptors (Lipinski definition) is 5. The average molecular weight is 258 g/mol. The Morgan fingerprint density at radius 1 is 1.38 bits per heavy atom. The third-order valence-corrected chi connectivity index (χ3v) is 4.68. The maximum Gasteiger partial charge on any atom is 0.247 e. The normalized spacial score (nSPS) is 11.9. The Balaban J connectivity index is 2.55. The van der Waals surface area contributed by atoms with E-state index in [9.17, 15) is 8.42 Å². The SMILES string of the molecule is Cc1noc(C)c1-c1ccc(S(N)(=O)=O)s1. The quantitative estimate of drug-likeness (QED) is 0.887. The molecule has 0 unspecified atom stereocenters. The number of aryl methyl sites for hydroxylation is 2. The van der Waals surface area contributed by atoms with Gasteiger partial charge in [0.25, 0.3) is 0 Å². The molecule has 0 bridgehead atoms. The maximum atomic E-state index is 11.1. The van der Waals surface area contributed by atoms with Crippen molar-refractivity contribution in [1.82, 2.24) is 5.16 Å². The lowest BCUT2D eigenvalue weighted by Crippen LogP contribution is -2.09. The van der Waals surface area contributed by atoms with Crippen LogP contribution >= 0.6 is 11.3 Å². The Morgan fingerprint density at radius 2 is 2.06 bits per heavy atom. The summed E-state index contributed by atoms with van der Waals surface area (Å²) < 4.78 is 27.4. The van der Waals surface area contributed by atoms with Crippen LogP contribution in [0.1, 0.15) is 11.5 Å². The van der Waals surface area contributed by atoms with Crippen molar-refractivity contribution < 1.29 is 12.9 Å². The monoisotopic (exact) mass is 258 g/mol. The molecule has 86 valence electrons. The minimum atomic E-state index is -3.63. The standard InChI is InChI=1S/C9H10N2O3S2/c1-5-9(6(2)14-11-5)7-3-4-8(15-7)16(10,12)13/h3-4H,1-2H3,(H2,10,12,13). The van der Waals surface area contributed by atoms with Crippen molar-refractivity contribution in [2.24, 2.45) is 5.14 Å². The zero-order chi connectivity index (χ0) is 11.9. The lowest BCUT2D eigenvalue weighted by molar-refractivity contribution is 0.393. The zero-order valence-electron chi connectivity index (χ0n) is 8.72. The third kappa shape index (κ3) is 1.89. The van der Waals surface area contributed by atoms with Crippen molar-refractivity contribution in [3.63, 3.8) is 0 Å². The molecule has 0 spiro atoms. The summed E-state index contributed by atoms with van der Waals surface area (Å²) in [5, 5.41) is 8.86. The molecule has 5 nitrogen and oxygen atoms in total. The molecule has 0 aliphatic carbocycles. The summed E-state index contributed by atoms with van der Waals surface area (Å²) in [7, 11) is -3.63. The molecule has 16 heavy (non-hydrogen) atoms. The summed E-state index contributed by atoms with van der Waals surface area (Å²) >= 11 is 1.11. The van der Waals surface area contributed by atoms with E-state index in [0.29, 0.717) is 5.76 Å². The first-order valence-corrected chi connectivity index (χ1v) is 6.82. The van der Waals surface area contributed by atoms with Gasteiger partial charge in [-0.25, -0.2) is 13.6 Å². The smallest absolute Gasteiger partial charge is 0.247 e. The minimum absolute atomic E-state index is 0.141. The summed E-state index contributed by atoms with van der Waals surface area (Å²) in [6.45, 7) is 3.59. The lowest BCUT2D eigenvalue weighted by atomic mass is 10.2. The van der Waals surface area contributed by atoms with E-state index in [1.165, 1.54) is 6.07 Å². The number of aromatic nitrogens is 1. The van der Waals surface area contributed by atoms with Gasteiger partial charge >= 0.3 is 0 Å². The highest BCUT2D eigenvalue weighted by atomic mass is 32.2. The predicted molar refractivity (Wildman–Crippen MR) is 60.7 cm³/mol. The number of primary sulfonamides is 1. The van der Waals surface area contributed by atoms with Gasteiger partial charge in [-0.15, -0.1) is 11.3 Å². The van der Waals surface area contributed by atoms with Crippen molar-refractivity contribution in [3.8, 4) is 10.4 Å². The van der Waals surface area contributed by atoms with Crippen LogP contribution in [0.15, 0.2) is 20.9 Å². The van der Waals surface area contributed by atoms with E-state index in [1.807, 2.05) is 6.92 Å². The molecule has 2 aromatic heterocycles. The Bertz CT molecular complexity index is 605. The third-order valence-electron chi connectivity index (χ3n) is 2.14. The molecule has 7 heteroatoms. The molecule has 0 saturated carbocycles. The molecule has 0 aromatic carbocycles. The number of nitrogens with zero attached hydrogens (tertiary/aromatic N) is 1. The first-order valence-electron chi connectivity index (χ1n) is 4.45. The van der Waals surface area contributed by atoms with Crippen LogP contribution in [-0.2, 0) is 10.0 Å². The predicted octanol–water partition coefficient (Wildman–Crippen LogP) is 1.67. The number of hydrogen-bond donors (Lipinski definition) is 1. The van der Waals surface area contributed by atoms with Crippen LogP contribution in [0, 0.1) is 13.8 Å². The highest BCUT2D eigenvalue weighted by Crippen LogP contribution is 2.34. The number of rotatable bonds is 2. The second-order valence-electron chi connectivity index (χ2n) is 3.36. The number of sulfonamides is 1. The van der Waals surface area contributed by atoms with Crippen molar-refractivity contribution >= 4 is 21.4 Å². The topological polar surface area (TPSA) is 86.2 Å².